The predicted molar refractivity (Wildman–Crippen MR) is 82.2 cm³/mol. The smallest absolute Gasteiger partial charge is 0.119 e. The number of aliphatic hydroxyl groups is 1. The van der Waals surface area contributed by atoms with E-state index in [1.54, 1.807) is 0 Å². The summed E-state index contributed by atoms with van der Waals surface area (Å²) >= 11 is 0. The maximum atomic E-state index is 9.03. The number of rotatable bonds is 7. The quantitative estimate of drug-likeness (QED) is 0.805. The molecule has 1 aromatic carbocycles. The van der Waals surface area contributed by atoms with E-state index < -0.39 is 0 Å². The lowest BCUT2D eigenvalue weighted by molar-refractivity contribution is 0.174. The van der Waals surface area contributed by atoms with Gasteiger partial charge in [0.1, 0.15) is 5.75 Å². The second-order valence-corrected chi connectivity index (χ2v) is 5.86. The molecular weight excluding hydrogens is 250 g/mol. The monoisotopic (exact) mass is 277 g/mol. The van der Waals surface area contributed by atoms with Gasteiger partial charge < -0.3 is 15.2 Å². The average molecular weight is 277 g/mol. The van der Waals surface area contributed by atoms with Gasteiger partial charge in [0.05, 0.1) is 6.61 Å². The average Bonchev–Trinajstić information content (AvgIpc) is 2.50. The normalized spacial score (nSPS) is 19.4. The molecule has 0 spiro atoms. The number of ether oxygens (including phenoxy) is 1. The van der Waals surface area contributed by atoms with Crippen molar-refractivity contribution in [1.82, 2.24) is 5.32 Å². The van der Waals surface area contributed by atoms with Crippen LogP contribution in [0.5, 0.6) is 5.75 Å². The van der Waals surface area contributed by atoms with E-state index >= 15 is 0 Å². The van der Waals surface area contributed by atoms with Crippen molar-refractivity contribution in [1.29, 1.82) is 0 Å². The van der Waals surface area contributed by atoms with Gasteiger partial charge >= 0.3 is 0 Å². The van der Waals surface area contributed by atoms with Crippen LogP contribution in [0.15, 0.2) is 18.2 Å². The van der Waals surface area contributed by atoms with Gasteiger partial charge in [-0.2, -0.15) is 0 Å². The molecule has 3 heteroatoms. The second-order valence-electron chi connectivity index (χ2n) is 5.86. The number of hydrogen-bond donors (Lipinski definition) is 2. The highest BCUT2D eigenvalue weighted by atomic mass is 16.5. The van der Waals surface area contributed by atoms with E-state index in [-0.39, 0.29) is 12.5 Å². The molecule has 0 saturated carbocycles. The molecule has 2 atom stereocenters. The van der Waals surface area contributed by atoms with Gasteiger partial charge in [-0.1, -0.05) is 19.9 Å². The Labute approximate surface area is 122 Å². The molecule has 1 aliphatic carbocycles. The minimum absolute atomic E-state index is 0.175. The van der Waals surface area contributed by atoms with Crippen LogP contribution in [0, 0.1) is 5.92 Å². The van der Waals surface area contributed by atoms with E-state index in [1.807, 2.05) is 6.92 Å². The van der Waals surface area contributed by atoms with Crippen LogP contribution in [0.4, 0.5) is 0 Å². The zero-order valence-electron chi connectivity index (χ0n) is 12.7. The lowest BCUT2D eigenvalue weighted by Crippen LogP contribution is -2.25. The summed E-state index contributed by atoms with van der Waals surface area (Å²) in [7, 11) is 0. The minimum atomic E-state index is 0.175. The third-order valence-electron chi connectivity index (χ3n) is 3.92. The molecule has 20 heavy (non-hydrogen) atoms. The molecule has 0 amide bonds. The Balaban J connectivity index is 2.03. The number of fused-ring (bicyclic) bond motifs is 1. The van der Waals surface area contributed by atoms with Gasteiger partial charge in [-0.05, 0) is 55.5 Å². The molecule has 0 bridgehead atoms. The van der Waals surface area contributed by atoms with E-state index in [1.165, 1.54) is 30.4 Å². The SMILES string of the molecule is CCCNC1CCCc2cc(OCC(C)CO)ccc21. The van der Waals surface area contributed by atoms with Gasteiger partial charge in [0.15, 0.2) is 0 Å². The van der Waals surface area contributed by atoms with E-state index in [9.17, 15) is 0 Å². The molecule has 1 aromatic rings. The number of aliphatic hydroxyl groups excluding tert-OH is 1. The minimum Gasteiger partial charge on any atom is -0.493 e. The van der Waals surface area contributed by atoms with Gasteiger partial charge in [-0.3, -0.25) is 0 Å². The zero-order chi connectivity index (χ0) is 14.4. The van der Waals surface area contributed by atoms with Crippen molar-refractivity contribution in [2.24, 2.45) is 5.92 Å². The molecule has 1 aliphatic rings. The Kier molecular flexibility index (Phi) is 5.86. The lowest BCUT2D eigenvalue weighted by Gasteiger charge is -2.27. The van der Waals surface area contributed by atoms with Gasteiger partial charge in [0.2, 0.25) is 0 Å². The molecule has 2 N–H and O–H groups in total. The summed E-state index contributed by atoms with van der Waals surface area (Å²) in [6.45, 7) is 6.02. The highest BCUT2D eigenvalue weighted by molar-refractivity contribution is 5.39. The van der Waals surface area contributed by atoms with Crippen molar-refractivity contribution in [3.63, 3.8) is 0 Å². The van der Waals surface area contributed by atoms with Gasteiger partial charge in [0, 0.05) is 18.6 Å². The molecule has 0 heterocycles. The Hall–Kier alpha value is -1.06. The van der Waals surface area contributed by atoms with Crippen molar-refractivity contribution in [2.75, 3.05) is 19.8 Å². The number of nitrogens with one attached hydrogen (secondary N) is 1. The number of hydrogen-bond acceptors (Lipinski definition) is 3. The van der Waals surface area contributed by atoms with Crippen molar-refractivity contribution >= 4 is 0 Å². The predicted octanol–water partition coefficient (Wildman–Crippen LogP) is 3.07. The maximum absolute atomic E-state index is 9.03. The summed E-state index contributed by atoms with van der Waals surface area (Å²) in [5.41, 5.74) is 2.85. The summed E-state index contributed by atoms with van der Waals surface area (Å²) in [5, 5.41) is 12.7. The first-order valence-electron chi connectivity index (χ1n) is 7.84. The molecule has 2 rings (SSSR count). The molecule has 0 aromatic heterocycles. The van der Waals surface area contributed by atoms with Crippen LogP contribution < -0.4 is 10.1 Å². The third kappa shape index (κ3) is 3.97. The first-order valence-corrected chi connectivity index (χ1v) is 7.84. The fraction of sp³-hybridized carbons (Fsp3) is 0.647. The van der Waals surface area contributed by atoms with Crippen LogP contribution in [0.3, 0.4) is 0 Å². The second kappa shape index (κ2) is 7.65. The molecule has 0 radical (unpaired) electrons. The van der Waals surface area contributed by atoms with E-state index in [2.05, 4.69) is 30.4 Å². The topological polar surface area (TPSA) is 41.5 Å². The van der Waals surface area contributed by atoms with Crippen molar-refractivity contribution < 1.29 is 9.84 Å². The summed E-state index contributed by atoms with van der Waals surface area (Å²) in [6.07, 6.45) is 4.79. The molecule has 2 unspecified atom stereocenters. The van der Waals surface area contributed by atoms with E-state index in [0.29, 0.717) is 12.6 Å². The van der Waals surface area contributed by atoms with Crippen LogP contribution in [0.2, 0.25) is 0 Å². The van der Waals surface area contributed by atoms with E-state index in [4.69, 9.17) is 9.84 Å². The zero-order valence-corrected chi connectivity index (χ0v) is 12.7. The third-order valence-corrected chi connectivity index (χ3v) is 3.92. The molecular formula is C17H27NO2. The standard InChI is InChI=1S/C17H27NO2/c1-3-9-18-17-6-4-5-14-10-15(7-8-16(14)17)20-12-13(2)11-19/h7-8,10,13,17-19H,3-6,9,11-12H2,1-2H3. The van der Waals surface area contributed by atoms with Crippen LogP contribution in [-0.2, 0) is 6.42 Å². The Morgan fingerprint density at radius 3 is 3.05 bits per heavy atom. The van der Waals surface area contributed by atoms with Crippen molar-refractivity contribution in [2.45, 2.75) is 45.6 Å². The van der Waals surface area contributed by atoms with E-state index in [0.717, 1.165) is 18.7 Å². The maximum Gasteiger partial charge on any atom is 0.119 e. The first kappa shape index (κ1) is 15.3. The van der Waals surface area contributed by atoms with Crippen LogP contribution in [0.25, 0.3) is 0 Å². The fourth-order valence-corrected chi connectivity index (χ4v) is 2.70. The van der Waals surface area contributed by atoms with Crippen molar-refractivity contribution in [3.8, 4) is 5.75 Å². The van der Waals surface area contributed by atoms with Crippen LogP contribution in [0.1, 0.15) is 50.3 Å². The largest absolute Gasteiger partial charge is 0.493 e. The lowest BCUT2D eigenvalue weighted by atomic mass is 9.87. The van der Waals surface area contributed by atoms with Crippen LogP contribution in [-0.4, -0.2) is 24.9 Å². The molecule has 112 valence electrons. The van der Waals surface area contributed by atoms with Gasteiger partial charge in [-0.25, -0.2) is 0 Å². The highest BCUT2D eigenvalue weighted by Crippen LogP contribution is 2.32. The first-order chi connectivity index (χ1) is 9.74. The summed E-state index contributed by atoms with van der Waals surface area (Å²) in [4.78, 5) is 0. The van der Waals surface area contributed by atoms with Crippen molar-refractivity contribution in [3.05, 3.63) is 29.3 Å². The molecule has 0 fully saturated rings. The summed E-state index contributed by atoms with van der Waals surface area (Å²) in [5.74, 6) is 1.12. The number of benzene rings is 1. The molecule has 0 aliphatic heterocycles. The fourth-order valence-electron chi connectivity index (χ4n) is 2.70. The summed E-state index contributed by atoms with van der Waals surface area (Å²) < 4.78 is 5.76. The van der Waals surface area contributed by atoms with Gasteiger partial charge in [0.25, 0.3) is 0 Å². The molecule has 3 nitrogen and oxygen atoms in total. The number of aryl methyl sites for hydroxylation is 1. The van der Waals surface area contributed by atoms with Gasteiger partial charge in [-0.15, -0.1) is 0 Å². The van der Waals surface area contributed by atoms with Crippen LogP contribution >= 0.6 is 0 Å². The molecule has 0 saturated heterocycles. The Bertz CT molecular complexity index is 419. The highest BCUT2D eigenvalue weighted by Gasteiger charge is 2.19. The Morgan fingerprint density at radius 2 is 2.30 bits per heavy atom. The summed E-state index contributed by atoms with van der Waals surface area (Å²) in [6, 6.07) is 6.96. The Morgan fingerprint density at radius 1 is 1.45 bits per heavy atom.